The maximum absolute atomic E-state index is 14.7. The topological polar surface area (TPSA) is 61.7 Å². The average molecular weight is 406 g/mol. The van der Waals surface area contributed by atoms with E-state index >= 15 is 0 Å². The van der Waals surface area contributed by atoms with Crippen molar-refractivity contribution in [3.05, 3.63) is 83.2 Å². The number of fused-ring (bicyclic) bond motifs is 2. The molecule has 0 bridgehead atoms. The van der Waals surface area contributed by atoms with Gasteiger partial charge in [-0.05, 0) is 42.8 Å². The summed E-state index contributed by atoms with van der Waals surface area (Å²) in [7, 11) is 0. The zero-order valence-corrected chi connectivity index (χ0v) is 16.6. The third-order valence-corrected chi connectivity index (χ3v) is 5.70. The third-order valence-electron chi connectivity index (χ3n) is 4.56. The highest BCUT2D eigenvalue weighted by Crippen LogP contribution is 2.42. The molecule has 0 fully saturated rings. The molecule has 1 amide bonds. The standard InChI is InChI=1S/C23H19FN2O2S/c1-2-11-25-23(28)14-7-10-21-19(12-14)26-22(16-9-8-15(27)13-18(16)24)17-5-3-4-6-20(17)29-21/h3-10,12-13,27H,2,11H2,1H3,(H,25,28). The minimum Gasteiger partial charge on any atom is -0.508 e. The highest BCUT2D eigenvalue weighted by Gasteiger charge is 2.22. The van der Waals surface area contributed by atoms with Gasteiger partial charge in [-0.3, -0.25) is 4.79 Å². The molecule has 0 radical (unpaired) electrons. The second kappa shape index (κ2) is 8.09. The van der Waals surface area contributed by atoms with Crippen LogP contribution in [0.3, 0.4) is 0 Å². The van der Waals surface area contributed by atoms with E-state index < -0.39 is 5.82 Å². The smallest absolute Gasteiger partial charge is 0.251 e. The first-order valence-corrected chi connectivity index (χ1v) is 10.2. The minimum absolute atomic E-state index is 0.140. The Bertz CT molecular complexity index is 1130. The molecule has 2 N–H and O–H groups in total. The molecular weight excluding hydrogens is 387 g/mol. The number of aromatic hydroxyl groups is 1. The average Bonchev–Trinajstić information content (AvgIpc) is 2.88. The van der Waals surface area contributed by atoms with E-state index in [2.05, 4.69) is 5.32 Å². The number of benzene rings is 3. The molecule has 0 unspecified atom stereocenters. The predicted octanol–water partition coefficient (Wildman–Crippen LogP) is 5.30. The lowest BCUT2D eigenvalue weighted by Gasteiger charge is -2.10. The molecule has 4 nitrogen and oxygen atoms in total. The lowest BCUT2D eigenvalue weighted by atomic mass is 10.0. The van der Waals surface area contributed by atoms with Crippen LogP contribution in [0.5, 0.6) is 5.75 Å². The van der Waals surface area contributed by atoms with E-state index in [-0.39, 0.29) is 11.7 Å². The molecular formula is C23H19FN2O2S. The highest BCUT2D eigenvalue weighted by molar-refractivity contribution is 7.99. The van der Waals surface area contributed by atoms with Crippen molar-refractivity contribution in [1.29, 1.82) is 0 Å². The molecule has 1 heterocycles. The Morgan fingerprint density at radius 2 is 1.90 bits per heavy atom. The van der Waals surface area contributed by atoms with Crippen molar-refractivity contribution in [2.45, 2.75) is 23.1 Å². The van der Waals surface area contributed by atoms with Crippen molar-refractivity contribution in [2.75, 3.05) is 6.54 Å². The summed E-state index contributed by atoms with van der Waals surface area (Å²) in [5, 5.41) is 12.4. The van der Waals surface area contributed by atoms with Gasteiger partial charge in [-0.1, -0.05) is 36.9 Å². The molecule has 0 aliphatic carbocycles. The Morgan fingerprint density at radius 1 is 1.07 bits per heavy atom. The van der Waals surface area contributed by atoms with E-state index in [1.807, 2.05) is 37.3 Å². The van der Waals surface area contributed by atoms with Gasteiger partial charge in [0.2, 0.25) is 0 Å². The number of nitrogens with zero attached hydrogens (tertiary/aromatic N) is 1. The Labute approximate surface area is 172 Å². The third kappa shape index (κ3) is 3.89. The van der Waals surface area contributed by atoms with E-state index in [0.717, 1.165) is 27.8 Å². The first-order chi connectivity index (χ1) is 14.1. The van der Waals surface area contributed by atoms with Gasteiger partial charge in [-0.15, -0.1) is 0 Å². The summed E-state index contributed by atoms with van der Waals surface area (Å²) >= 11 is 1.53. The molecule has 0 saturated carbocycles. The van der Waals surface area contributed by atoms with Crippen LogP contribution in [0.15, 0.2) is 75.4 Å². The molecule has 1 aliphatic heterocycles. The number of nitrogens with one attached hydrogen (secondary N) is 1. The lowest BCUT2D eigenvalue weighted by Crippen LogP contribution is -2.23. The number of phenols is 1. The van der Waals surface area contributed by atoms with Gasteiger partial charge in [0.15, 0.2) is 0 Å². The fourth-order valence-electron chi connectivity index (χ4n) is 3.12. The largest absolute Gasteiger partial charge is 0.508 e. The molecule has 3 aromatic carbocycles. The summed E-state index contributed by atoms with van der Waals surface area (Å²) in [6, 6.07) is 17.1. The number of phenolic OH excluding ortho intramolecular Hbond substituents is 1. The fraction of sp³-hybridized carbons (Fsp3) is 0.130. The van der Waals surface area contributed by atoms with Crippen LogP contribution in [0.2, 0.25) is 0 Å². The summed E-state index contributed by atoms with van der Waals surface area (Å²) in [6.45, 7) is 2.59. The number of aliphatic imine (C=N–C) groups is 1. The Kier molecular flexibility index (Phi) is 5.36. The molecule has 29 heavy (non-hydrogen) atoms. The van der Waals surface area contributed by atoms with Gasteiger partial charge in [0.05, 0.1) is 11.4 Å². The van der Waals surface area contributed by atoms with E-state index in [1.54, 1.807) is 12.1 Å². The maximum atomic E-state index is 14.7. The van der Waals surface area contributed by atoms with Gasteiger partial charge in [-0.25, -0.2) is 9.38 Å². The highest BCUT2D eigenvalue weighted by atomic mass is 32.2. The number of carbonyl (C=O) groups excluding carboxylic acids is 1. The maximum Gasteiger partial charge on any atom is 0.251 e. The number of hydrogen-bond donors (Lipinski definition) is 2. The first-order valence-electron chi connectivity index (χ1n) is 9.34. The van der Waals surface area contributed by atoms with Gasteiger partial charge in [0.1, 0.15) is 11.6 Å². The quantitative estimate of drug-likeness (QED) is 0.483. The zero-order chi connectivity index (χ0) is 20.4. The van der Waals surface area contributed by atoms with Crippen molar-refractivity contribution in [3.63, 3.8) is 0 Å². The van der Waals surface area contributed by atoms with Gasteiger partial charge in [0, 0.05) is 39.1 Å². The van der Waals surface area contributed by atoms with Crippen molar-refractivity contribution in [3.8, 4) is 5.75 Å². The fourth-order valence-corrected chi connectivity index (χ4v) is 4.13. The molecule has 3 aromatic rings. The van der Waals surface area contributed by atoms with Crippen LogP contribution < -0.4 is 5.32 Å². The molecule has 4 rings (SSSR count). The SMILES string of the molecule is CCCNC(=O)c1ccc2c(c1)N=C(c1ccc(O)cc1F)c1ccccc1S2. The number of halogens is 1. The van der Waals surface area contributed by atoms with E-state index in [9.17, 15) is 14.3 Å². The Morgan fingerprint density at radius 3 is 2.69 bits per heavy atom. The Hall–Kier alpha value is -3.12. The number of carbonyl (C=O) groups is 1. The number of amides is 1. The lowest BCUT2D eigenvalue weighted by molar-refractivity contribution is 0.0953. The van der Waals surface area contributed by atoms with Crippen molar-refractivity contribution in [2.24, 2.45) is 4.99 Å². The molecule has 0 atom stereocenters. The van der Waals surface area contributed by atoms with Gasteiger partial charge >= 0.3 is 0 Å². The van der Waals surface area contributed by atoms with Crippen molar-refractivity contribution < 1.29 is 14.3 Å². The first kappa shape index (κ1) is 19.2. The van der Waals surface area contributed by atoms with Gasteiger partial charge < -0.3 is 10.4 Å². The predicted molar refractivity (Wildman–Crippen MR) is 113 cm³/mol. The van der Waals surface area contributed by atoms with E-state index in [1.165, 1.54) is 23.9 Å². The molecule has 1 aliphatic rings. The summed E-state index contributed by atoms with van der Waals surface area (Å²) in [4.78, 5) is 19.0. The summed E-state index contributed by atoms with van der Waals surface area (Å²) < 4.78 is 14.7. The minimum atomic E-state index is -0.552. The van der Waals surface area contributed by atoms with Crippen LogP contribution in [0, 0.1) is 5.82 Å². The number of hydrogen-bond acceptors (Lipinski definition) is 4. The van der Waals surface area contributed by atoms with Crippen LogP contribution in [0.25, 0.3) is 0 Å². The van der Waals surface area contributed by atoms with Crippen LogP contribution in [-0.2, 0) is 0 Å². The van der Waals surface area contributed by atoms with Crippen LogP contribution in [0.1, 0.15) is 34.8 Å². The second-order valence-electron chi connectivity index (χ2n) is 6.66. The van der Waals surface area contributed by atoms with Crippen LogP contribution >= 0.6 is 11.8 Å². The monoisotopic (exact) mass is 406 g/mol. The molecule has 0 saturated heterocycles. The summed E-state index contributed by atoms with van der Waals surface area (Å²) in [5.74, 6) is -0.851. The van der Waals surface area contributed by atoms with Gasteiger partial charge in [0.25, 0.3) is 5.91 Å². The second-order valence-corrected chi connectivity index (χ2v) is 7.74. The van der Waals surface area contributed by atoms with Gasteiger partial charge in [-0.2, -0.15) is 0 Å². The van der Waals surface area contributed by atoms with Crippen LogP contribution in [-0.4, -0.2) is 23.3 Å². The Balaban J connectivity index is 1.87. The number of rotatable bonds is 4. The summed E-state index contributed by atoms with van der Waals surface area (Å²) in [6.07, 6.45) is 0.851. The van der Waals surface area contributed by atoms with Crippen molar-refractivity contribution in [1.82, 2.24) is 5.32 Å². The zero-order valence-electron chi connectivity index (χ0n) is 15.8. The molecule has 0 spiro atoms. The van der Waals surface area contributed by atoms with E-state index in [0.29, 0.717) is 29.1 Å². The van der Waals surface area contributed by atoms with Crippen LogP contribution in [0.4, 0.5) is 10.1 Å². The normalized spacial score (nSPS) is 12.4. The summed E-state index contributed by atoms with van der Waals surface area (Å²) in [5.41, 5.74) is 2.69. The van der Waals surface area contributed by atoms with E-state index in [4.69, 9.17) is 4.99 Å². The van der Waals surface area contributed by atoms with Crippen molar-refractivity contribution >= 4 is 29.1 Å². The molecule has 146 valence electrons. The molecule has 0 aromatic heterocycles. The molecule has 6 heteroatoms.